The minimum absolute atomic E-state index is 0.0719. The van der Waals surface area contributed by atoms with Crippen LogP contribution in [0.4, 0.5) is 0 Å². The van der Waals surface area contributed by atoms with E-state index in [9.17, 15) is 4.79 Å². The summed E-state index contributed by atoms with van der Waals surface area (Å²) in [5.41, 5.74) is 0. The first-order valence-electron chi connectivity index (χ1n) is 12.7. The maximum Gasteiger partial charge on any atom is 0.184 e. The van der Waals surface area contributed by atoms with E-state index in [1.807, 2.05) is 0 Å². The molecule has 2 aliphatic heterocycles. The Hall–Kier alpha value is 0.121. The van der Waals surface area contributed by atoms with E-state index in [1.165, 1.54) is 0 Å². The first-order chi connectivity index (χ1) is 14.9. The fraction of sp³-hybridized carbons (Fsp3) is 0.958. The van der Waals surface area contributed by atoms with Crippen molar-refractivity contribution in [3.63, 3.8) is 0 Å². The Morgan fingerprint density at radius 3 is 1.91 bits per heavy atom. The van der Waals surface area contributed by atoms with Gasteiger partial charge in [0.1, 0.15) is 5.78 Å². The lowest BCUT2D eigenvalue weighted by atomic mass is 9.86. The molecule has 8 atom stereocenters. The molecule has 2 aliphatic rings. The number of epoxide rings is 1. The molecular formula is C24H50O6Si3. The zero-order chi connectivity index (χ0) is 25.4. The highest BCUT2D eigenvalue weighted by Gasteiger charge is 2.51. The smallest absolute Gasteiger partial charge is 0.184 e. The van der Waals surface area contributed by atoms with Gasteiger partial charge in [-0.15, -0.1) is 0 Å². The van der Waals surface area contributed by atoms with Crippen molar-refractivity contribution in [2.24, 2.45) is 11.8 Å². The number of carbonyl (C=O) groups is 1. The number of Topliss-reactive ketones (excluding diaryl/α,β-unsaturated/α-hetero) is 1. The summed E-state index contributed by atoms with van der Waals surface area (Å²) in [5.74, 6) is 0.670. The topological polar surface area (TPSA) is 66.5 Å². The molecule has 0 aromatic heterocycles. The van der Waals surface area contributed by atoms with Gasteiger partial charge in [0, 0.05) is 24.4 Å². The molecule has 2 heterocycles. The van der Waals surface area contributed by atoms with Gasteiger partial charge in [0.25, 0.3) is 0 Å². The molecule has 194 valence electrons. The van der Waals surface area contributed by atoms with Gasteiger partial charge in [-0.1, -0.05) is 6.92 Å². The number of hydrogen-bond donors (Lipinski definition) is 0. The number of ketones is 1. The zero-order valence-electron chi connectivity index (χ0n) is 23.2. The fourth-order valence-electron chi connectivity index (χ4n) is 4.74. The SMILES string of the molecule is CC(=O)C[C@@H]1OC[C@H](C[C@@H]2O[C@H]2[C@@H](C)[C@H](C)O[Si](C)(C)C)[C@@H](O[Si](C)(C)C)[C@H]1O[Si](C)(C)C. The van der Waals surface area contributed by atoms with Gasteiger partial charge in [-0.25, -0.2) is 0 Å². The first kappa shape index (κ1) is 29.4. The molecule has 2 fully saturated rings. The summed E-state index contributed by atoms with van der Waals surface area (Å²) in [6, 6.07) is 0. The summed E-state index contributed by atoms with van der Waals surface area (Å²) < 4.78 is 32.2. The van der Waals surface area contributed by atoms with Crippen LogP contribution in [-0.4, -0.2) is 74.0 Å². The van der Waals surface area contributed by atoms with E-state index in [2.05, 4.69) is 72.8 Å². The van der Waals surface area contributed by atoms with Crippen LogP contribution in [0, 0.1) is 11.8 Å². The van der Waals surface area contributed by atoms with Gasteiger partial charge in [-0.2, -0.15) is 0 Å². The van der Waals surface area contributed by atoms with Crippen LogP contribution in [0.25, 0.3) is 0 Å². The molecule has 0 amide bonds. The number of rotatable bonds is 12. The molecule has 0 aromatic carbocycles. The molecule has 9 heteroatoms. The summed E-state index contributed by atoms with van der Waals surface area (Å²) in [5, 5.41) is 0. The molecule has 0 aromatic rings. The van der Waals surface area contributed by atoms with Gasteiger partial charge in [-0.05, 0) is 79.2 Å². The van der Waals surface area contributed by atoms with Gasteiger partial charge >= 0.3 is 0 Å². The van der Waals surface area contributed by atoms with E-state index in [4.69, 9.17) is 22.8 Å². The molecule has 2 saturated heterocycles. The Labute approximate surface area is 205 Å². The standard InChI is InChI=1S/C24H50O6Si3/c1-16(25)13-20-24(30-33(10,11)12)23(29-32(7,8)9)19(15-26-20)14-21-22(27-21)17(2)18(3)28-31(4,5)6/h17-24H,13-15H2,1-12H3/t17-,18-,19-,20-,21-,22-,23+,24-/m0/s1. The number of ether oxygens (including phenoxy) is 2. The van der Waals surface area contributed by atoms with Crippen LogP contribution in [-0.2, 0) is 27.5 Å². The predicted molar refractivity (Wildman–Crippen MR) is 141 cm³/mol. The Morgan fingerprint density at radius 1 is 0.879 bits per heavy atom. The monoisotopic (exact) mass is 518 g/mol. The molecule has 0 radical (unpaired) electrons. The van der Waals surface area contributed by atoms with Crippen LogP contribution >= 0.6 is 0 Å². The van der Waals surface area contributed by atoms with Crippen molar-refractivity contribution in [1.82, 2.24) is 0 Å². The first-order valence-corrected chi connectivity index (χ1v) is 22.9. The second kappa shape index (κ2) is 11.0. The lowest BCUT2D eigenvalue weighted by Gasteiger charge is -2.47. The highest BCUT2D eigenvalue weighted by Crippen LogP contribution is 2.41. The Kier molecular flexibility index (Phi) is 9.81. The maximum absolute atomic E-state index is 12.0. The predicted octanol–water partition coefficient (Wildman–Crippen LogP) is 5.45. The van der Waals surface area contributed by atoms with Crippen molar-refractivity contribution in [3.05, 3.63) is 0 Å². The van der Waals surface area contributed by atoms with Crippen molar-refractivity contribution < 1.29 is 27.5 Å². The average molecular weight is 519 g/mol. The lowest BCUT2D eigenvalue weighted by molar-refractivity contribution is -0.159. The van der Waals surface area contributed by atoms with Gasteiger partial charge in [0.2, 0.25) is 0 Å². The third kappa shape index (κ3) is 9.95. The van der Waals surface area contributed by atoms with E-state index >= 15 is 0 Å². The molecular weight excluding hydrogens is 469 g/mol. The van der Waals surface area contributed by atoms with Crippen LogP contribution in [0.5, 0.6) is 0 Å². The minimum atomic E-state index is -1.88. The third-order valence-corrected chi connectivity index (χ3v) is 9.14. The fourth-order valence-corrected chi connectivity index (χ4v) is 8.31. The van der Waals surface area contributed by atoms with Crippen LogP contribution in [0.2, 0.25) is 58.9 Å². The van der Waals surface area contributed by atoms with Crippen LogP contribution in [0.3, 0.4) is 0 Å². The van der Waals surface area contributed by atoms with Gasteiger partial charge in [0.05, 0.1) is 37.1 Å². The quantitative estimate of drug-likeness (QED) is 0.253. The number of hydrogen-bond acceptors (Lipinski definition) is 6. The van der Waals surface area contributed by atoms with Crippen molar-refractivity contribution in [2.75, 3.05) is 6.61 Å². The van der Waals surface area contributed by atoms with Gasteiger partial charge in [-0.3, -0.25) is 4.79 Å². The third-order valence-electron chi connectivity index (χ3n) is 6.10. The van der Waals surface area contributed by atoms with Crippen LogP contribution in [0.1, 0.15) is 33.6 Å². The van der Waals surface area contributed by atoms with E-state index in [0.717, 1.165) is 6.42 Å². The number of carbonyl (C=O) groups excluding carboxylic acids is 1. The molecule has 0 N–H and O–H groups in total. The average Bonchev–Trinajstić information content (AvgIpc) is 3.34. The summed E-state index contributed by atoms with van der Waals surface area (Å²) in [7, 11) is -5.31. The molecule has 33 heavy (non-hydrogen) atoms. The largest absolute Gasteiger partial charge is 0.415 e. The minimum Gasteiger partial charge on any atom is -0.415 e. The molecule has 0 saturated carbocycles. The molecule has 0 bridgehead atoms. The highest BCUT2D eigenvalue weighted by molar-refractivity contribution is 6.70. The Morgan fingerprint density at radius 2 is 1.42 bits per heavy atom. The van der Waals surface area contributed by atoms with Crippen molar-refractivity contribution >= 4 is 30.7 Å². The van der Waals surface area contributed by atoms with Gasteiger partial charge in [0.15, 0.2) is 25.0 Å². The second-order valence-electron chi connectivity index (χ2n) is 13.1. The van der Waals surface area contributed by atoms with E-state index in [-0.39, 0.29) is 48.3 Å². The summed E-state index contributed by atoms with van der Waals surface area (Å²) in [6.45, 7) is 26.5. The maximum atomic E-state index is 12.0. The summed E-state index contributed by atoms with van der Waals surface area (Å²) >= 11 is 0. The van der Waals surface area contributed by atoms with E-state index < -0.39 is 25.0 Å². The summed E-state index contributed by atoms with van der Waals surface area (Å²) in [6.07, 6.45) is 1.34. The van der Waals surface area contributed by atoms with Crippen LogP contribution in [0.15, 0.2) is 0 Å². The van der Waals surface area contributed by atoms with Crippen molar-refractivity contribution in [1.29, 1.82) is 0 Å². The van der Waals surface area contributed by atoms with Crippen LogP contribution < -0.4 is 0 Å². The molecule has 0 unspecified atom stereocenters. The zero-order valence-corrected chi connectivity index (χ0v) is 26.2. The Bertz CT molecular complexity index is 654. The second-order valence-corrected chi connectivity index (χ2v) is 26.5. The van der Waals surface area contributed by atoms with E-state index in [1.54, 1.807) is 6.92 Å². The molecule has 0 aliphatic carbocycles. The molecule has 6 nitrogen and oxygen atoms in total. The van der Waals surface area contributed by atoms with Gasteiger partial charge < -0.3 is 22.8 Å². The summed E-state index contributed by atoms with van der Waals surface area (Å²) in [4.78, 5) is 12.0. The lowest BCUT2D eigenvalue weighted by Crippen LogP contribution is -2.58. The van der Waals surface area contributed by atoms with Crippen molar-refractivity contribution in [3.8, 4) is 0 Å². The van der Waals surface area contributed by atoms with Crippen molar-refractivity contribution in [2.45, 2.75) is 129 Å². The van der Waals surface area contributed by atoms with E-state index in [0.29, 0.717) is 18.9 Å². The molecule has 0 spiro atoms. The Balaban J connectivity index is 2.15. The molecule has 2 rings (SSSR count). The normalized spacial score (nSPS) is 33.0. The highest BCUT2D eigenvalue weighted by atomic mass is 28.4.